The molecule has 20 heavy (non-hydrogen) atoms. The molecule has 110 valence electrons. The van der Waals surface area contributed by atoms with Gasteiger partial charge in [0.1, 0.15) is 0 Å². The van der Waals surface area contributed by atoms with Crippen LogP contribution in [0.5, 0.6) is 0 Å². The summed E-state index contributed by atoms with van der Waals surface area (Å²) in [6.45, 7) is 1.95. The van der Waals surface area contributed by atoms with Crippen molar-refractivity contribution in [1.82, 2.24) is 5.32 Å². The van der Waals surface area contributed by atoms with Gasteiger partial charge in [-0.15, -0.1) is 0 Å². The number of carbonyl (C=O) groups is 1. The number of hydrogen-bond donors (Lipinski definition) is 2. The van der Waals surface area contributed by atoms with E-state index in [0.29, 0.717) is 5.75 Å². The van der Waals surface area contributed by atoms with E-state index in [-0.39, 0.29) is 17.3 Å². The van der Waals surface area contributed by atoms with Crippen molar-refractivity contribution in [3.63, 3.8) is 0 Å². The first-order chi connectivity index (χ1) is 9.69. The lowest BCUT2D eigenvalue weighted by molar-refractivity contribution is 0.244. The molecule has 1 aliphatic carbocycles. The van der Waals surface area contributed by atoms with Crippen LogP contribution in [-0.2, 0) is 10.8 Å². The molecule has 2 N–H and O–H groups in total. The Bertz CT molecular complexity index is 464. The van der Waals surface area contributed by atoms with Gasteiger partial charge in [0.05, 0.1) is 0 Å². The molecule has 2 rings (SSSR count). The maximum Gasteiger partial charge on any atom is 0.319 e. The molecule has 3 atom stereocenters. The van der Waals surface area contributed by atoms with Crippen molar-refractivity contribution in [2.24, 2.45) is 0 Å². The molecule has 5 heteroatoms. The molecule has 1 aromatic carbocycles. The fourth-order valence-corrected chi connectivity index (χ4v) is 3.97. The minimum atomic E-state index is -0.759. The molecule has 1 saturated carbocycles. The van der Waals surface area contributed by atoms with Crippen molar-refractivity contribution in [3.8, 4) is 0 Å². The maximum atomic E-state index is 11.9. The van der Waals surface area contributed by atoms with Gasteiger partial charge < -0.3 is 10.6 Å². The number of urea groups is 1. The van der Waals surface area contributed by atoms with Crippen LogP contribution in [0.3, 0.4) is 0 Å². The van der Waals surface area contributed by atoms with Crippen molar-refractivity contribution in [1.29, 1.82) is 0 Å². The summed E-state index contributed by atoms with van der Waals surface area (Å²) in [4.78, 5) is 11.9. The second-order valence-corrected chi connectivity index (χ2v) is 7.12. The Morgan fingerprint density at radius 3 is 2.75 bits per heavy atom. The molecule has 0 aromatic heterocycles. The van der Waals surface area contributed by atoms with E-state index in [1.165, 1.54) is 0 Å². The molecule has 0 bridgehead atoms. The lowest BCUT2D eigenvalue weighted by atomic mass is 9.95. The molecule has 1 aliphatic rings. The molecule has 1 fully saturated rings. The number of para-hydroxylation sites is 1. The molecule has 0 spiro atoms. The first kappa shape index (κ1) is 15.0. The van der Waals surface area contributed by atoms with E-state index in [9.17, 15) is 9.00 Å². The van der Waals surface area contributed by atoms with E-state index >= 15 is 0 Å². The summed E-state index contributed by atoms with van der Waals surface area (Å²) in [5.74, 6) is 0.702. The zero-order chi connectivity index (χ0) is 14.4. The number of anilines is 1. The van der Waals surface area contributed by atoms with E-state index in [1.54, 1.807) is 0 Å². The summed E-state index contributed by atoms with van der Waals surface area (Å²) >= 11 is 0. The Balaban J connectivity index is 1.83. The predicted molar refractivity (Wildman–Crippen MR) is 83.3 cm³/mol. The van der Waals surface area contributed by atoms with Crippen LogP contribution in [0.2, 0.25) is 0 Å². The zero-order valence-corrected chi connectivity index (χ0v) is 12.6. The van der Waals surface area contributed by atoms with Gasteiger partial charge in [-0.05, 0) is 31.4 Å². The average molecular weight is 294 g/mol. The highest BCUT2D eigenvalue weighted by Gasteiger charge is 2.26. The molecule has 0 saturated heterocycles. The van der Waals surface area contributed by atoms with Crippen LogP contribution in [0.4, 0.5) is 10.5 Å². The monoisotopic (exact) mass is 294 g/mol. The highest BCUT2D eigenvalue weighted by Crippen LogP contribution is 2.23. The SMILES string of the molecule is CC[S@@](=O)[C@H]1CCC[C@H](NC(=O)Nc2ccccc2)C1. The molecule has 0 radical (unpaired) electrons. The fraction of sp³-hybridized carbons (Fsp3) is 0.533. The number of benzene rings is 1. The van der Waals surface area contributed by atoms with Crippen LogP contribution in [0.15, 0.2) is 30.3 Å². The highest BCUT2D eigenvalue weighted by atomic mass is 32.2. The van der Waals surface area contributed by atoms with Crippen molar-refractivity contribution < 1.29 is 9.00 Å². The molecular weight excluding hydrogens is 272 g/mol. The topological polar surface area (TPSA) is 58.2 Å². The van der Waals surface area contributed by atoms with Crippen molar-refractivity contribution in [3.05, 3.63) is 30.3 Å². The van der Waals surface area contributed by atoms with Gasteiger partial charge >= 0.3 is 6.03 Å². The number of nitrogens with one attached hydrogen (secondary N) is 2. The molecular formula is C15H22N2O2S. The van der Waals surface area contributed by atoms with Crippen molar-refractivity contribution in [2.75, 3.05) is 11.1 Å². The fourth-order valence-electron chi connectivity index (χ4n) is 2.62. The molecule has 1 aromatic rings. The van der Waals surface area contributed by atoms with Crippen LogP contribution in [-0.4, -0.2) is 27.3 Å². The number of carbonyl (C=O) groups excluding carboxylic acids is 1. The molecule has 2 amide bonds. The Hall–Kier alpha value is -1.36. The lowest BCUT2D eigenvalue weighted by Crippen LogP contribution is -2.42. The van der Waals surface area contributed by atoms with E-state index < -0.39 is 10.8 Å². The third-order valence-electron chi connectivity index (χ3n) is 3.65. The Morgan fingerprint density at radius 2 is 2.05 bits per heavy atom. The third-order valence-corrected chi connectivity index (χ3v) is 5.39. The Labute approximate surface area is 122 Å². The van der Waals surface area contributed by atoms with E-state index in [1.807, 2.05) is 37.3 Å². The predicted octanol–water partition coefficient (Wildman–Crippen LogP) is 2.89. The van der Waals surface area contributed by atoms with Gasteiger partial charge in [0, 0.05) is 33.5 Å². The standard InChI is InChI=1S/C15H22N2O2S/c1-2-20(19)14-10-6-9-13(11-14)17-15(18)16-12-7-4-3-5-8-12/h3-5,7-8,13-14H,2,6,9-11H2,1H3,(H2,16,17,18)/t13-,14-,20+/m0/s1. The molecule has 4 nitrogen and oxygen atoms in total. The summed E-state index contributed by atoms with van der Waals surface area (Å²) in [6.07, 6.45) is 3.84. The van der Waals surface area contributed by atoms with Crippen LogP contribution >= 0.6 is 0 Å². The normalized spacial score (nSPS) is 23.9. The van der Waals surface area contributed by atoms with Crippen LogP contribution < -0.4 is 10.6 Å². The van der Waals surface area contributed by atoms with Gasteiger partial charge in [0.25, 0.3) is 0 Å². The summed E-state index contributed by atoms with van der Waals surface area (Å²) in [6, 6.07) is 9.35. The van der Waals surface area contributed by atoms with Crippen molar-refractivity contribution in [2.45, 2.75) is 43.9 Å². The van der Waals surface area contributed by atoms with Crippen molar-refractivity contribution >= 4 is 22.5 Å². The van der Waals surface area contributed by atoms with E-state index in [2.05, 4.69) is 10.6 Å². The largest absolute Gasteiger partial charge is 0.335 e. The van der Waals surface area contributed by atoms with Crippen LogP contribution in [0.1, 0.15) is 32.6 Å². The first-order valence-electron chi connectivity index (χ1n) is 7.18. The molecule has 0 heterocycles. The smallest absolute Gasteiger partial charge is 0.319 e. The summed E-state index contributed by atoms with van der Waals surface area (Å²) in [5, 5.41) is 6.05. The number of hydrogen-bond acceptors (Lipinski definition) is 2. The molecule has 0 aliphatic heterocycles. The van der Waals surface area contributed by atoms with Gasteiger partial charge in [0.15, 0.2) is 0 Å². The molecule has 0 unspecified atom stereocenters. The van der Waals surface area contributed by atoms with Gasteiger partial charge in [-0.25, -0.2) is 4.79 Å². The quantitative estimate of drug-likeness (QED) is 0.897. The second kappa shape index (κ2) is 7.43. The Morgan fingerprint density at radius 1 is 1.30 bits per heavy atom. The summed E-state index contributed by atoms with van der Waals surface area (Å²) in [7, 11) is -0.759. The summed E-state index contributed by atoms with van der Waals surface area (Å²) in [5.41, 5.74) is 0.787. The van der Waals surface area contributed by atoms with Crippen LogP contribution in [0.25, 0.3) is 0 Å². The highest BCUT2D eigenvalue weighted by molar-refractivity contribution is 7.85. The lowest BCUT2D eigenvalue weighted by Gasteiger charge is -2.29. The van der Waals surface area contributed by atoms with E-state index in [0.717, 1.165) is 31.4 Å². The minimum absolute atomic E-state index is 0.132. The third kappa shape index (κ3) is 4.34. The zero-order valence-electron chi connectivity index (χ0n) is 11.8. The number of rotatable bonds is 4. The van der Waals surface area contributed by atoms with Gasteiger partial charge in [-0.2, -0.15) is 0 Å². The maximum absolute atomic E-state index is 11.9. The van der Waals surface area contributed by atoms with Gasteiger partial charge in [0.2, 0.25) is 0 Å². The summed E-state index contributed by atoms with van der Waals surface area (Å²) < 4.78 is 11.9. The van der Waals surface area contributed by atoms with Gasteiger partial charge in [-0.3, -0.25) is 4.21 Å². The van der Waals surface area contributed by atoms with E-state index in [4.69, 9.17) is 0 Å². The van der Waals surface area contributed by atoms with Gasteiger partial charge in [-0.1, -0.05) is 31.5 Å². The average Bonchev–Trinajstić information content (AvgIpc) is 2.47. The first-order valence-corrected chi connectivity index (χ1v) is 8.57. The second-order valence-electron chi connectivity index (χ2n) is 5.12. The number of amides is 2. The Kier molecular flexibility index (Phi) is 5.59. The minimum Gasteiger partial charge on any atom is -0.335 e. The van der Waals surface area contributed by atoms with Crippen LogP contribution in [0, 0.1) is 0 Å².